The molecule has 0 aliphatic carbocycles. The number of nitrogens with one attached hydrogen (secondary N) is 1. The molecule has 2 aromatic rings. The summed E-state index contributed by atoms with van der Waals surface area (Å²) < 4.78 is 13.4. The van der Waals surface area contributed by atoms with E-state index in [0.717, 1.165) is 35.7 Å². The first-order valence-corrected chi connectivity index (χ1v) is 7.00. The molecular weight excluding hydrogens is 254 g/mol. The van der Waals surface area contributed by atoms with Gasteiger partial charge < -0.3 is 14.8 Å². The average Bonchev–Trinajstić information content (AvgIpc) is 2.80. The lowest BCUT2D eigenvalue weighted by molar-refractivity contribution is 0.296. The standard InChI is InChI=1S/C15H19N3O2/c1-2-18-11-13(10-17-18)16-9-12-5-3-6-14-15(12)20-8-4-7-19-14/h3,5-6,10-11,16H,2,4,7-9H2,1H3. The summed E-state index contributed by atoms with van der Waals surface area (Å²) in [6.07, 6.45) is 4.76. The minimum Gasteiger partial charge on any atom is -0.490 e. The van der Waals surface area contributed by atoms with Gasteiger partial charge in [-0.05, 0) is 13.0 Å². The van der Waals surface area contributed by atoms with E-state index in [2.05, 4.69) is 23.4 Å². The quantitative estimate of drug-likeness (QED) is 0.930. The number of anilines is 1. The number of para-hydroxylation sites is 1. The Labute approximate surface area is 118 Å². The van der Waals surface area contributed by atoms with Gasteiger partial charge in [0.05, 0.1) is 25.1 Å². The fourth-order valence-corrected chi connectivity index (χ4v) is 2.22. The summed E-state index contributed by atoms with van der Waals surface area (Å²) in [7, 11) is 0. The Hall–Kier alpha value is -2.17. The number of benzene rings is 1. The minimum absolute atomic E-state index is 0.696. The lowest BCUT2D eigenvalue weighted by Gasteiger charge is -2.12. The van der Waals surface area contributed by atoms with Crippen LogP contribution in [0.4, 0.5) is 5.69 Å². The van der Waals surface area contributed by atoms with E-state index < -0.39 is 0 Å². The summed E-state index contributed by atoms with van der Waals surface area (Å²) >= 11 is 0. The van der Waals surface area contributed by atoms with Crippen LogP contribution in [0.2, 0.25) is 0 Å². The largest absolute Gasteiger partial charge is 0.490 e. The number of fused-ring (bicyclic) bond motifs is 1. The molecule has 2 heterocycles. The molecule has 5 heteroatoms. The predicted molar refractivity (Wildman–Crippen MR) is 77.3 cm³/mol. The monoisotopic (exact) mass is 273 g/mol. The summed E-state index contributed by atoms with van der Waals surface area (Å²) in [4.78, 5) is 0. The van der Waals surface area contributed by atoms with Crippen molar-refractivity contribution in [1.29, 1.82) is 0 Å². The highest BCUT2D eigenvalue weighted by Crippen LogP contribution is 2.33. The first-order valence-electron chi connectivity index (χ1n) is 7.00. The third-order valence-corrected chi connectivity index (χ3v) is 3.29. The van der Waals surface area contributed by atoms with Gasteiger partial charge in [-0.25, -0.2) is 0 Å². The summed E-state index contributed by atoms with van der Waals surface area (Å²) in [5.74, 6) is 1.70. The molecule has 1 aliphatic heterocycles. The molecular formula is C15H19N3O2. The van der Waals surface area contributed by atoms with Crippen molar-refractivity contribution in [2.24, 2.45) is 0 Å². The van der Waals surface area contributed by atoms with Crippen LogP contribution in [0.3, 0.4) is 0 Å². The topological polar surface area (TPSA) is 48.3 Å². The highest BCUT2D eigenvalue weighted by molar-refractivity contribution is 5.49. The molecule has 0 saturated heterocycles. The van der Waals surface area contributed by atoms with Crippen molar-refractivity contribution in [1.82, 2.24) is 9.78 Å². The normalized spacial score (nSPS) is 13.8. The molecule has 3 rings (SSSR count). The lowest BCUT2D eigenvalue weighted by atomic mass is 10.2. The molecule has 0 spiro atoms. The summed E-state index contributed by atoms with van der Waals surface area (Å²) in [6.45, 7) is 5.06. The van der Waals surface area contributed by atoms with E-state index in [4.69, 9.17) is 9.47 Å². The van der Waals surface area contributed by atoms with Crippen molar-refractivity contribution in [2.45, 2.75) is 26.4 Å². The zero-order chi connectivity index (χ0) is 13.8. The molecule has 0 saturated carbocycles. The summed E-state index contributed by atoms with van der Waals surface area (Å²) in [5.41, 5.74) is 2.12. The second-order valence-corrected chi connectivity index (χ2v) is 4.73. The third-order valence-electron chi connectivity index (χ3n) is 3.29. The Morgan fingerprint density at radius 3 is 3.05 bits per heavy atom. The molecule has 0 bridgehead atoms. The summed E-state index contributed by atoms with van der Waals surface area (Å²) in [6, 6.07) is 6.02. The van der Waals surface area contributed by atoms with Crippen molar-refractivity contribution in [3.8, 4) is 11.5 Å². The highest BCUT2D eigenvalue weighted by atomic mass is 16.5. The molecule has 1 N–H and O–H groups in total. The Balaban J connectivity index is 1.74. The molecule has 0 radical (unpaired) electrons. The van der Waals surface area contributed by atoms with Gasteiger partial charge >= 0.3 is 0 Å². The van der Waals surface area contributed by atoms with E-state index in [1.54, 1.807) is 0 Å². The van der Waals surface area contributed by atoms with Crippen LogP contribution in [0.5, 0.6) is 11.5 Å². The number of aromatic nitrogens is 2. The lowest BCUT2D eigenvalue weighted by Crippen LogP contribution is -2.03. The van der Waals surface area contributed by atoms with E-state index in [9.17, 15) is 0 Å². The van der Waals surface area contributed by atoms with Crippen LogP contribution in [0.25, 0.3) is 0 Å². The zero-order valence-corrected chi connectivity index (χ0v) is 11.6. The third kappa shape index (κ3) is 2.71. The SMILES string of the molecule is CCn1cc(NCc2cccc3c2OCCCO3)cn1. The number of hydrogen-bond acceptors (Lipinski definition) is 4. The predicted octanol–water partition coefficient (Wildman–Crippen LogP) is 2.68. The van der Waals surface area contributed by atoms with Gasteiger partial charge in [0.2, 0.25) is 0 Å². The molecule has 1 aliphatic rings. The van der Waals surface area contributed by atoms with E-state index in [1.165, 1.54) is 0 Å². The number of rotatable bonds is 4. The Kier molecular flexibility index (Phi) is 3.76. The Morgan fingerprint density at radius 1 is 1.30 bits per heavy atom. The highest BCUT2D eigenvalue weighted by Gasteiger charge is 2.14. The second-order valence-electron chi connectivity index (χ2n) is 4.73. The first kappa shape index (κ1) is 12.8. The van der Waals surface area contributed by atoms with E-state index in [1.807, 2.05) is 29.2 Å². The minimum atomic E-state index is 0.696. The molecule has 1 aromatic carbocycles. The maximum absolute atomic E-state index is 5.81. The molecule has 1 aromatic heterocycles. The maximum atomic E-state index is 5.81. The van der Waals surface area contributed by atoms with Crippen molar-refractivity contribution < 1.29 is 9.47 Å². The fraction of sp³-hybridized carbons (Fsp3) is 0.400. The number of ether oxygens (including phenoxy) is 2. The number of hydrogen-bond donors (Lipinski definition) is 1. The van der Waals surface area contributed by atoms with Gasteiger partial charge in [0.1, 0.15) is 0 Å². The summed E-state index contributed by atoms with van der Waals surface area (Å²) in [5, 5.41) is 7.61. The van der Waals surface area contributed by atoms with Crippen LogP contribution in [0.1, 0.15) is 18.9 Å². The van der Waals surface area contributed by atoms with E-state index >= 15 is 0 Å². The van der Waals surface area contributed by atoms with Gasteiger partial charge in [-0.3, -0.25) is 4.68 Å². The van der Waals surface area contributed by atoms with E-state index in [-0.39, 0.29) is 0 Å². The van der Waals surface area contributed by atoms with E-state index in [0.29, 0.717) is 19.8 Å². The van der Waals surface area contributed by atoms with Gasteiger partial charge in [-0.15, -0.1) is 0 Å². The maximum Gasteiger partial charge on any atom is 0.166 e. The van der Waals surface area contributed by atoms with Crippen molar-refractivity contribution >= 4 is 5.69 Å². The van der Waals surface area contributed by atoms with Crippen LogP contribution in [-0.4, -0.2) is 23.0 Å². The molecule has 0 atom stereocenters. The molecule has 0 unspecified atom stereocenters. The van der Waals surface area contributed by atoms with Gasteiger partial charge in [-0.1, -0.05) is 12.1 Å². The Bertz CT molecular complexity index is 580. The van der Waals surface area contributed by atoms with Crippen LogP contribution < -0.4 is 14.8 Å². The van der Waals surface area contributed by atoms with Crippen LogP contribution in [0, 0.1) is 0 Å². The second kappa shape index (κ2) is 5.86. The van der Waals surface area contributed by atoms with Gasteiger partial charge in [0, 0.05) is 31.3 Å². The first-order chi connectivity index (χ1) is 9.86. The van der Waals surface area contributed by atoms with Crippen molar-refractivity contribution in [3.63, 3.8) is 0 Å². The zero-order valence-electron chi connectivity index (χ0n) is 11.6. The molecule has 0 fully saturated rings. The van der Waals surface area contributed by atoms with Crippen LogP contribution >= 0.6 is 0 Å². The number of aryl methyl sites for hydroxylation is 1. The van der Waals surface area contributed by atoms with Gasteiger partial charge in [-0.2, -0.15) is 5.10 Å². The van der Waals surface area contributed by atoms with Gasteiger partial charge in [0.25, 0.3) is 0 Å². The van der Waals surface area contributed by atoms with Gasteiger partial charge in [0.15, 0.2) is 11.5 Å². The molecule has 0 amide bonds. The fourth-order valence-electron chi connectivity index (χ4n) is 2.22. The number of nitrogens with zero attached hydrogens (tertiary/aromatic N) is 2. The Morgan fingerprint density at radius 2 is 2.20 bits per heavy atom. The van der Waals surface area contributed by atoms with Crippen LogP contribution in [0.15, 0.2) is 30.6 Å². The average molecular weight is 273 g/mol. The molecule has 106 valence electrons. The van der Waals surface area contributed by atoms with Crippen LogP contribution in [-0.2, 0) is 13.1 Å². The molecule has 5 nitrogen and oxygen atoms in total. The van der Waals surface area contributed by atoms with Crippen molar-refractivity contribution in [2.75, 3.05) is 18.5 Å². The smallest absolute Gasteiger partial charge is 0.166 e. The molecule has 20 heavy (non-hydrogen) atoms. The van der Waals surface area contributed by atoms with Crippen molar-refractivity contribution in [3.05, 3.63) is 36.2 Å².